The van der Waals surface area contributed by atoms with Crippen LogP contribution >= 0.6 is 21.2 Å². The van der Waals surface area contributed by atoms with Gasteiger partial charge in [-0.3, -0.25) is 3.07 Å². The number of nitrogens with two attached hydrogens (primary N) is 1. The van der Waals surface area contributed by atoms with Gasteiger partial charge in [0.1, 0.15) is 0 Å². The van der Waals surface area contributed by atoms with Gasteiger partial charge in [-0.2, -0.15) is 4.98 Å². The van der Waals surface area contributed by atoms with Crippen LogP contribution in [0.15, 0.2) is 48.7 Å². The minimum Gasteiger partial charge on any atom is -0.758 e. The Bertz CT molecular complexity index is 1220. The molecule has 5 N–H and O–H groups in total. The second-order valence-corrected chi connectivity index (χ2v) is 11.1. The fraction of sp³-hybridized carbons (Fsp3) is 0.429. The van der Waals surface area contributed by atoms with Crippen LogP contribution in [0.25, 0.3) is 11.1 Å². The smallest absolute Gasteiger partial charge is 0.225 e. The normalized spacial score (nSPS) is 17.3. The zero-order valence-electron chi connectivity index (χ0n) is 21.7. The van der Waals surface area contributed by atoms with E-state index in [-0.39, 0.29) is 11.2 Å². The van der Waals surface area contributed by atoms with Gasteiger partial charge in [0, 0.05) is 26.2 Å². The molecule has 38 heavy (non-hydrogen) atoms. The molecule has 10 heteroatoms. The summed E-state index contributed by atoms with van der Waals surface area (Å²) in [6, 6.07) is 14.5. The summed E-state index contributed by atoms with van der Waals surface area (Å²) < 4.78 is 11.1. The monoisotopic (exact) mass is 631 g/mol. The quantitative estimate of drug-likeness (QED) is 0.0907. The lowest BCUT2D eigenvalue weighted by atomic mass is 9.82. The lowest BCUT2D eigenvalue weighted by molar-refractivity contribution is 0.170. The largest absolute Gasteiger partial charge is 0.758 e. The highest BCUT2D eigenvalue weighted by Crippen LogP contribution is 2.31. The Hall–Kier alpha value is -2.67. The molecule has 0 atom stereocenters. The Morgan fingerprint density at radius 1 is 1.13 bits per heavy atom. The van der Waals surface area contributed by atoms with E-state index in [1.807, 2.05) is 18.2 Å². The SMILES string of the molecule is Cc1c(CNc2ncc(N([O-])CI=O)c(NCC3CCC(CO)CC3)n2)cccc1-c1cccc(CN)c1. The molecular weight excluding hydrogens is 595 g/mol. The Labute approximate surface area is 234 Å². The highest BCUT2D eigenvalue weighted by molar-refractivity contribution is 14.1. The molecule has 0 spiro atoms. The van der Waals surface area contributed by atoms with E-state index in [1.165, 1.54) is 6.20 Å². The Balaban J connectivity index is 1.48. The van der Waals surface area contributed by atoms with Gasteiger partial charge in [0.05, 0.1) is 16.4 Å². The van der Waals surface area contributed by atoms with Gasteiger partial charge in [-0.05, 0) is 78.3 Å². The van der Waals surface area contributed by atoms with Crippen molar-refractivity contribution in [3.8, 4) is 11.1 Å². The molecule has 3 aromatic rings. The summed E-state index contributed by atoms with van der Waals surface area (Å²) in [6.45, 7) is 4.06. The van der Waals surface area contributed by atoms with Gasteiger partial charge in [0.2, 0.25) is 5.95 Å². The van der Waals surface area contributed by atoms with Gasteiger partial charge < -0.3 is 31.7 Å². The van der Waals surface area contributed by atoms with Crippen molar-refractivity contribution in [2.45, 2.75) is 45.7 Å². The number of alkyl halides is 1. The van der Waals surface area contributed by atoms with Gasteiger partial charge in [-0.25, -0.2) is 4.98 Å². The van der Waals surface area contributed by atoms with Crippen molar-refractivity contribution in [1.29, 1.82) is 0 Å². The molecule has 1 heterocycles. The first-order chi connectivity index (χ1) is 18.5. The van der Waals surface area contributed by atoms with Crippen molar-refractivity contribution in [3.63, 3.8) is 0 Å². The van der Waals surface area contributed by atoms with Crippen LogP contribution in [0.5, 0.6) is 0 Å². The molecule has 1 aromatic heterocycles. The van der Waals surface area contributed by atoms with Crippen LogP contribution in [0.2, 0.25) is 0 Å². The van der Waals surface area contributed by atoms with Crippen LogP contribution in [-0.4, -0.2) is 32.8 Å². The molecule has 0 bridgehead atoms. The van der Waals surface area contributed by atoms with Crippen LogP contribution in [0.4, 0.5) is 17.5 Å². The summed E-state index contributed by atoms with van der Waals surface area (Å²) in [5.41, 5.74) is 11.8. The van der Waals surface area contributed by atoms with Crippen LogP contribution in [-0.2, 0) is 16.2 Å². The van der Waals surface area contributed by atoms with Crippen LogP contribution < -0.4 is 21.4 Å². The summed E-state index contributed by atoms with van der Waals surface area (Å²) in [6.07, 6.45) is 5.57. The first kappa shape index (κ1) is 28.3. The number of anilines is 3. The van der Waals surface area contributed by atoms with E-state index in [0.717, 1.165) is 53.5 Å². The number of hydrogen-bond acceptors (Lipinski definition) is 9. The van der Waals surface area contributed by atoms with Gasteiger partial charge in [0.25, 0.3) is 0 Å². The van der Waals surface area contributed by atoms with E-state index in [4.69, 9.17) is 5.73 Å². The number of halogens is 1. The Kier molecular flexibility index (Phi) is 10.4. The lowest BCUT2D eigenvalue weighted by Gasteiger charge is -2.31. The maximum Gasteiger partial charge on any atom is 0.225 e. The van der Waals surface area contributed by atoms with Gasteiger partial charge in [-0.15, -0.1) is 0 Å². The first-order valence-corrected chi connectivity index (χ1v) is 15.4. The Morgan fingerprint density at radius 2 is 1.89 bits per heavy atom. The molecule has 0 unspecified atom stereocenters. The topological polar surface area (TPSA) is 139 Å². The molecule has 1 aliphatic carbocycles. The molecule has 204 valence electrons. The van der Waals surface area contributed by atoms with E-state index in [2.05, 4.69) is 51.8 Å². The van der Waals surface area contributed by atoms with Crippen molar-refractivity contribution in [3.05, 3.63) is 70.6 Å². The number of aliphatic hydroxyl groups excluding tert-OH is 1. The number of benzene rings is 2. The maximum atomic E-state index is 12.5. The molecular formula is C28H36IN6O3-. The molecule has 9 nitrogen and oxygen atoms in total. The third-order valence-electron chi connectivity index (χ3n) is 7.33. The van der Waals surface area contributed by atoms with Gasteiger partial charge >= 0.3 is 0 Å². The van der Waals surface area contributed by atoms with Crippen molar-refractivity contribution < 1.29 is 8.18 Å². The number of hydrogen-bond donors (Lipinski definition) is 4. The number of rotatable bonds is 12. The Morgan fingerprint density at radius 3 is 2.63 bits per heavy atom. The zero-order chi connectivity index (χ0) is 26.9. The third kappa shape index (κ3) is 7.25. The highest BCUT2D eigenvalue weighted by Gasteiger charge is 2.21. The number of aliphatic hydroxyl groups is 1. The predicted octanol–water partition coefficient (Wildman–Crippen LogP) is 5.31. The fourth-order valence-corrected chi connectivity index (χ4v) is 5.59. The van der Waals surface area contributed by atoms with Gasteiger partial charge in [-0.1, -0.05) is 36.4 Å². The minimum absolute atomic E-state index is 0.0529. The molecule has 0 radical (unpaired) electrons. The average molecular weight is 632 g/mol. The predicted molar refractivity (Wildman–Crippen MR) is 160 cm³/mol. The van der Waals surface area contributed by atoms with Crippen LogP contribution in [0.3, 0.4) is 0 Å². The van der Waals surface area contributed by atoms with E-state index >= 15 is 0 Å². The van der Waals surface area contributed by atoms with Crippen molar-refractivity contribution in [2.75, 3.05) is 33.4 Å². The maximum absolute atomic E-state index is 12.5. The summed E-state index contributed by atoms with van der Waals surface area (Å²) in [5.74, 6) is 1.71. The number of nitrogens with one attached hydrogen (secondary N) is 2. The van der Waals surface area contributed by atoms with Crippen molar-refractivity contribution in [1.82, 2.24) is 9.97 Å². The molecule has 0 saturated heterocycles. The molecule has 1 saturated carbocycles. The molecule has 0 amide bonds. The number of aromatic nitrogens is 2. The standard InChI is InChI=1S/C28H36IN6O3/c1-19-24(6-3-7-25(19)23-5-2-4-22(12-23)13-30)15-32-28-33-16-26(35(38)18-29-37)27(34-28)31-14-20-8-10-21(17-36)11-9-20/h2-7,12,16,20-21,36H,8-11,13-15,17-18,30H2,1H3,(H2,31,32,33,34)/q-1. The zero-order valence-corrected chi connectivity index (χ0v) is 23.9. The molecule has 2 aromatic carbocycles. The van der Waals surface area contributed by atoms with E-state index in [0.29, 0.717) is 54.0 Å². The third-order valence-corrected chi connectivity index (χ3v) is 8.23. The highest BCUT2D eigenvalue weighted by atomic mass is 127. The molecule has 1 aliphatic rings. The number of hydroxylamine groups is 1. The van der Waals surface area contributed by atoms with E-state index in [9.17, 15) is 13.4 Å². The second-order valence-electron chi connectivity index (χ2n) is 9.83. The second kappa shape index (κ2) is 13.9. The van der Waals surface area contributed by atoms with E-state index in [1.54, 1.807) is 0 Å². The van der Waals surface area contributed by atoms with E-state index < -0.39 is 21.2 Å². The minimum atomic E-state index is -1.44. The molecule has 4 rings (SSSR count). The summed E-state index contributed by atoms with van der Waals surface area (Å²) in [4.78, 5) is 8.99. The van der Waals surface area contributed by atoms with Crippen LogP contribution in [0, 0.1) is 24.0 Å². The van der Waals surface area contributed by atoms with Crippen molar-refractivity contribution in [2.24, 2.45) is 17.6 Å². The molecule has 0 aliphatic heterocycles. The average Bonchev–Trinajstić information content (AvgIpc) is 2.96. The summed E-state index contributed by atoms with van der Waals surface area (Å²) in [5, 5.41) is 29.3. The number of nitrogens with zero attached hydrogens (tertiary/aromatic N) is 3. The fourth-order valence-electron chi connectivity index (χ4n) is 4.97. The van der Waals surface area contributed by atoms with Crippen LogP contribution in [0.1, 0.15) is 42.4 Å². The van der Waals surface area contributed by atoms with Crippen molar-refractivity contribution >= 4 is 38.6 Å². The first-order valence-electron chi connectivity index (χ1n) is 13.0. The summed E-state index contributed by atoms with van der Waals surface area (Å²) >= 11 is -1.44. The molecule has 1 fully saturated rings. The summed E-state index contributed by atoms with van der Waals surface area (Å²) in [7, 11) is 0. The van der Waals surface area contributed by atoms with Gasteiger partial charge in [0.15, 0.2) is 27.0 Å². The lowest BCUT2D eigenvalue weighted by Crippen LogP contribution is -2.24.